The topological polar surface area (TPSA) is 96.4 Å². The Bertz CT molecular complexity index is 787. The molecule has 112 valence electrons. The fraction of sp³-hybridized carbons (Fsp3) is 0.286. The average molecular weight is 308 g/mol. The minimum atomic E-state index is -3.16. The lowest BCUT2D eigenvalue weighted by molar-refractivity contribution is 0.0697. The zero-order valence-corrected chi connectivity index (χ0v) is 12.5. The van der Waals surface area contributed by atoms with Gasteiger partial charge in [0.1, 0.15) is 21.2 Å². The van der Waals surface area contributed by atoms with Crippen molar-refractivity contribution in [3.8, 4) is 0 Å². The van der Waals surface area contributed by atoms with Crippen molar-refractivity contribution < 1.29 is 18.3 Å². The first-order valence-corrected chi connectivity index (χ1v) is 8.39. The van der Waals surface area contributed by atoms with Crippen molar-refractivity contribution >= 4 is 32.5 Å². The first-order valence-electron chi connectivity index (χ1n) is 6.33. The second-order valence-corrected chi connectivity index (χ2v) is 7.21. The molecule has 1 aromatic heterocycles. The Labute approximate surface area is 122 Å². The fourth-order valence-corrected chi connectivity index (χ4v) is 3.11. The monoisotopic (exact) mass is 308 g/mol. The average Bonchev–Trinajstić information content (AvgIpc) is 2.35. The number of benzene rings is 1. The SMILES string of the molecule is CC(CS(C)(=O)=O)Nc1nc2ccccc2cc1C(=O)O. The molecule has 0 saturated carbocycles. The van der Waals surface area contributed by atoms with Crippen molar-refractivity contribution in [3.63, 3.8) is 0 Å². The molecule has 21 heavy (non-hydrogen) atoms. The number of nitrogens with zero attached hydrogens (tertiary/aromatic N) is 1. The Morgan fingerprint density at radius 2 is 2.05 bits per heavy atom. The van der Waals surface area contributed by atoms with Crippen LogP contribution in [0.4, 0.5) is 5.82 Å². The van der Waals surface area contributed by atoms with Crippen LogP contribution in [0.5, 0.6) is 0 Å². The van der Waals surface area contributed by atoms with E-state index < -0.39 is 21.8 Å². The van der Waals surface area contributed by atoms with Gasteiger partial charge in [-0.15, -0.1) is 0 Å². The number of carboxylic acid groups (broad SMARTS) is 1. The third kappa shape index (κ3) is 3.91. The van der Waals surface area contributed by atoms with E-state index in [-0.39, 0.29) is 17.1 Å². The highest BCUT2D eigenvalue weighted by Crippen LogP contribution is 2.21. The number of para-hydroxylation sites is 1. The molecule has 7 heteroatoms. The van der Waals surface area contributed by atoms with Gasteiger partial charge in [0, 0.05) is 17.7 Å². The Hall–Kier alpha value is -2.15. The van der Waals surface area contributed by atoms with E-state index in [1.54, 1.807) is 31.2 Å². The molecule has 6 nitrogen and oxygen atoms in total. The van der Waals surface area contributed by atoms with Crippen LogP contribution in [0.1, 0.15) is 17.3 Å². The van der Waals surface area contributed by atoms with Crippen LogP contribution in [-0.2, 0) is 9.84 Å². The molecule has 0 aliphatic carbocycles. The van der Waals surface area contributed by atoms with Crippen LogP contribution in [0.15, 0.2) is 30.3 Å². The molecule has 1 atom stereocenters. The first kappa shape index (κ1) is 15.2. The van der Waals surface area contributed by atoms with Gasteiger partial charge >= 0.3 is 5.97 Å². The van der Waals surface area contributed by atoms with Gasteiger partial charge in [0.25, 0.3) is 0 Å². The smallest absolute Gasteiger partial charge is 0.339 e. The zero-order chi connectivity index (χ0) is 15.6. The van der Waals surface area contributed by atoms with E-state index in [9.17, 15) is 18.3 Å². The summed E-state index contributed by atoms with van der Waals surface area (Å²) < 4.78 is 22.6. The number of nitrogens with one attached hydrogen (secondary N) is 1. The van der Waals surface area contributed by atoms with E-state index in [1.807, 2.05) is 0 Å². The summed E-state index contributed by atoms with van der Waals surface area (Å²) in [6.07, 6.45) is 1.14. The summed E-state index contributed by atoms with van der Waals surface area (Å²) in [6, 6.07) is 8.24. The van der Waals surface area contributed by atoms with Crippen LogP contribution in [0.25, 0.3) is 10.9 Å². The molecule has 0 aliphatic heterocycles. The molecule has 0 saturated heterocycles. The molecular weight excluding hydrogens is 292 g/mol. The van der Waals surface area contributed by atoms with Gasteiger partial charge in [0.2, 0.25) is 0 Å². The van der Waals surface area contributed by atoms with E-state index in [0.717, 1.165) is 11.6 Å². The van der Waals surface area contributed by atoms with Gasteiger partial charge in [-0.25, -0.2) is 18.2 Å². The highest BCUT2D eigenvalue weighted by Gasteiger charge is 2.17. The molecule has 0 bridgehead atoms. The van der Waals surface area contributed by atoms with Gasteiger partial charge in [-0.05, 0) is 19.1 Å². The molecular formula is C14H16N2O4S. The first-order chi connectivity index (χ1) is 9.76. The van der Waals surface area contributed by atoms with E-state index in [2.05, 4.69) is 10.3 Å². The second kappa shape index (κ2) is 5.69. The number of sulfone groups is 1. The molecule has 0 aliphatic rings. The Morgan fingerprint density at radius 1 is 1.38 bits per heavy atom. The number of rotatable bonds is 5. The van der Waals surface area contributed by atoms with Crippen molar-refractivity contribution in [1.82, 2.24) is 4.98 Å². The minimum Gasteiger partial charge on any atom is -0.478 e. The van der Waals surface area contributed by atoms with E-state index >= 15 is 0 Å². The number of fused-ring (bicyclic) bond motifs is 1. The van der Waals surface area contributed by atoms with Crippen molar-refractivity contribution in [2.45, 2.75) is 13.0 Å². The molecule has 0 fully saturated rings. The molecule has 2 N–H and O–H groups in total. The van der Waals surface area contributed by atoms with Crippen molar-refractivity contribution in [2.75, 3.05) is 17.3 Å². The van der Waals surface area contributed by atoms with Crippen LogP contribution in [0.3, 0.4) is 0 Å². The molecule has 0 amide bonds. The molecule has 0 spiro atoms. The lowest BCUT2D eigenvalue weighted by atomic mass is 10.1. The van der Waals surface area contributed by atoms with Crippen LogP contribution >= 0.6 is 0 Å². The Kier molecular flexibility index (Phi) is 4.13. The normalized spacial score (nSPS) is 13.0. The zero-order valence-electron chi connectivity index (χ0n) is 11.7. The number of anilines is 1. The van der Waals surface area contributed by atoms with Crippen LogP contribution in [-0.4, -0.2) is 42.5 Å². The maximum atomic E-state index is 11.3. The van der Waals surface area contributed by atoms with E-state index in [1.165, 1.54) is 6.07 Å². The highest BCUT2D eigenvalue weighted by atomic mass is 32.2. The Morgan fingerprint density at radius 3 is 2.67 bits per heavy atom. The quantitative estimate of drug-likeness (QED) is 0.874. The van der Waals surface area contributed by atoms with Crippen LogP contribution < -0.4 is 5.32 Å². The number of carboxylic acids is 1. The van der Waals surface area contributed by atoms with E-state index in [4.69, 9.17) is 0 Å². The lowest BCUT2D eigenvalue weighted by Crippen LogP contribution is -2.26. The molecule has 1 unspecified atom stereocenters. The minimum absolute atomic E-state index is 0.0223. The predicted molar refractivity (Wildman–Crippen MR) is 81.5 cm³/mol. The lowest BCUT2D eigenvalue weighted by Gasteiger charge is -2.15. The molecule has 0 radical (unpaired) electrons. The number of pyridine rings is 1. The summed E-state index contributed by atoms with van der Waals surface area (Å²) in [4.78, 5) is 15.6. The van der Waals surface area contributed by atoms with Gasteiger partial charge < -0.3 is 10.4 Å². The van der Waals surface area contributed by atoms with Crippen molar-refractivity contribution in [1.29, 1.82) is 0 Å². The Balaban J connectivity index is 2.41. The molecule has 2 aromatic rings. The van der Waals surface area contributed by atoms with Crippen molar-refractivity contribution in [2.24, 2.45) is 0 Å². The molecule has 1 heterocycles. The number of aromatic carboxylic acids is 1. The van der Waals surface area contributed by atoms with Gasteiger partial charge in [-0.1, -0.05) is 18.2 Å². The van der Waals surface area contributed by atoms with Gasteiger partial charge in [0.05, 0.1) is 11.3 Å². The third-order valence-electron chi connectivity index (χ3n) is 2.89. The largest absolute Gasteiger partial charge is 0.478 e. The summed E-state index contributed by atoms with van der Waals surface area (Å²) >= 11 is 0. The number of hydrogen-bond acceptors (Lipinski definition) is 5. The van der Waals surface area contributed by atoms with E-state index in [0.29, 0.717) is 5.52 Å². The van der Waals surface area contributed by atoms with Crippen LogP contribution in [0.2, 0.25) is 0 Å². The predicted octanol–water partition coefficient (Wildman–Crippen LogP) is 1.78. The second-order valence-electron chi connectivity index (χ2n) is 5.02. The van der Waals surface area contributed by atoms with Gasteiger partial charge in [0.15, 0.2) is 0 Å². The summed E-state index contributed by atoms with van der Waals surface area (Å²) in [5.74, 6) is -1.03. The molecule has 2 rings (SSSR count). The van der Waals surface area contributed by atoms with Gasteiger partial charge in [-0.2, -0.15) is 0 Å². The summed E-state index contributed by atoms with van der Waals surface area (Å²) in [5.41, 5.74) is 0.672. The van der Waals surface area contributed by atoms with Gasteiger partial charge in [-0.3, -0.25) is 0 Å². The summed E-state index contributed by atoms with van der Waals surface area (Å²) in [5, 5.41) is 12.9. The number of carbonyl (C=O) groups is 1. The summed E-state index contributed by atoms with van der Waals surface area (Å²) in [7, 11) is -3.16. The van der Waals surface area contributed by atoms with Crippen molar-refractivity contribution in [3.05, 3.63) is 35.9 Å². The standard InChI is InChI=1S/C14H16N2O4S/c1-9(8-21(2,19)20)15-13-11(14(17)18)7-10-5-3-4-6-12(10)16-13/h3-7,9H,8H2,1-2H3,(H,15,16)(H,17,18). The van der Waals surface area contributed by atoms with Crippen LogP contribution in [0, 0.1) is 0 Å². The molecule has 1 aromatic carbocycles. The fourth-order valence-electron chi connectivity index (χ4n) is 2.12. The highest BCUT2D eigenvalue weighted by molar-refractivity contribution is 7.90. The number of aromatic nitrogens is 1. The maximum absolute atomic E-state index is 11.3. The maximum Gasteiger partial charge on any atom is 0.339 e. The third-order valence-corrected chi connectivity index (χ3v) is 4.00. The summed E-state index contributed by atoms with van der Waals surface area (Å²) in [6.45, 7) is 1.67. The number of hydrogen-bond donors (Lipinski definition) is 2.